The highest BCUT2D eigenvalue weighted by Crippen LogP contribution is 2.16. The van der Waals surface area contributed by atoms with Crippen LogP contribution >= 0.6 is 0 Å². The number of anilines is 1. The molecular formula is C15H22N4. The number of aromatic nitrogens is 2. The quantitative estimate of drug-likeness (QED) is 0.832. The van der Waals surface area contributed by atoms with E-state index in [1.54, 1.807) is 0 Å². The van der Waals surface area contributed by atoms with Crippen molar-refractivity contribution in [2.75, 3.05) is 25.4 Å². The van der Waals surface area contributed by atoms with Crippen molar-refractivity contribution < 1.29 is 0 Å². The summed E-state index contributed by atoms with van der Waals surface area (Å²) < 4.78 is 0. The lowest BCUT2D eigenvalue weighted by atomic mass is 10.2. The predicted octanol–water partition coefficient (Wildman–Crippen LogP) is 2.56. The fourth-order valence-corrected chi connectivity index (χ4v) is 2.82. The number of nitrogen functional groups attached to an aromatic ring is 1. The highest BCUT2D eigenvalue weighted by Gasteiger charge is 2.10. The number of fused-ring (bicyclic) bond motifs is 1. The van der Waals surface area contributed by atoms with Gasteiger partial charge in [0.15, 0.2) is 0 Å². The zero-order valence-electron chi connectivity index (χ0n) is 11.4. The van der Waals surface area contributed by atoms with Crippen LogP contribution in [0.25, 0.3) is 11.0 Å². The van der Waals surface area contributed by atoms with Gasteiger partial charge in [-0.05, 0) is 44.1 Å². The minimum atomic E-state index is 0.787. The Morgan fingerprint density at radius 3 is 2.74 bits per heavy atom. The maximum atomic E-state index is 5.79. The Hall–Kier alpha value is -1.55. The third kappa shape index (κ3) is 3.07. The van der Waals surface area contributed by atoms with Crippen LogP contribution in [0.15, 0.2) is 18.2 Å². The summed E-state index contributed by atoms with van der Waals surface area (Å²) in [6, 6.07) is 5.84. The van der Waals surface area contributed by atoms with Crippen LogP contribution in [0.5, 0.6) is 0 Å². The van der Waals surface area contributed by atoms with Gasteiger partial charge < -0.3 is 15.6 Å². The fraction of sp³-hybridized carbons (Fsp3) is 0.533. The molecule has 4 nitrogen and oxygen atoms in total. The van der Waals surface area contributed by atoms with Crippen molar-refractivity contribution in [3.8, 4) is 0 Å². The van der Waals surface area contributed by atoms with Crippen LogP contribution < -0.4 is 5.73 Å². The number of rotatable bonds is 3. The highest BCUT2D eigenvalue weighted by molar-refractivity contribution is 5.78. The van der Waals surface area contributed by atoms with Crippen molar-refractivity contribution in [3.63, 3.8) is 0 Å². The first-order chi connectivity index (χ1) is 9.31. The predicted molar refractivity (Wildman–Crippen MR) is 79.1 cm³/mol. The number of nitrogens with two attached hydrogens (primary N) is 1. The van der Waals surface area contributed by atoms with Gasteiger partial charge in [-0.25, -0.2) is 4.98 Å². The first kappa shape index (κ1) is 12.5. The molecule has 1 aliphatic rings. The van der Waals surface area contributed by atoms with E-state index in [1.165, 1.54) is 38.8 Å². The number of benzene rings is 1. The molecule has 2 heterocycles. The summed E-state index contributed by atoms with van der Waals surface area (Å²) in [5.41, 5.74) is 8.63. The number of H-pyrrole nitrogens is 1. The van der Waals surface area contributed by atoms with Crippen LogP contribution in [0.2, 0.25) is 0 Å². The molecule has 102 valence electrons. The van der Waals surface area contributed by atoms with E-state index in [2.05, 4.69) is 14.9 Å². The van der Waals surface area contributed by atoms with Gasteiger partial charge in [0.25, 0.3) is 0 Å². The molecule has 1 saturated heterocycles. The maximum Gasteiger partial charge on any atom is 0.108 e. The number of hydrogen-bond donors (Lipinski definition) is 2. The molecule has 0 aliphatic carbocycles. The van der Waals surface area contributed by atoms with Crippen LogP contribution in [-0.4, -0.2) is 34.5 Å². The summed E-state index contributed by atoms with van der Waals surface area (Å²) >= 11 is 0. The first-order valence-corrected chi connectivity index (χ1v) is 7.28. The van der Waals surface area contributed by atoms with Crippen molar-refractivity contribution in [3.05, 3.63) is 24.0 Å². The number of nitrogens with one attached hydrogen (secondary N) is 1. The molecule has 0 bridgehead atoms. The SMILES string of the molecule is Nc1ccc2nc(CCN3CCCCCC3)[nH]c2c1. The third-order valence-electron chi connectivity index (χ3n) is 3.92. The van der Waals surface area contributed by atoms with Crippen molar-refractivity contribution in [1.82, 2.24) is 14.9 Å². The van der Waals surface area contributed by atoms with Gasteiger partial charge in [0.1, 0.15) is 5.82 Å². The van der Waals surface area contributed by atoms with Crippen molar-refractivity contribution in [2.24, 2.45) is 0 Å². The number of imidazole rings is 1. The van der Waals surface area contributed by atoms with Crippen LogP contribution in [0, 0.1) is 0 Å². The molecule has 4 heteroatoms. The summed E-state index contributed by atoms with van der Waals surface area (Å²) in [6.07, 6.45) is 6.46. The van der Waals surface area contributed by atoms with E-state index in [0.717, 1.165) is 35.5 Å². The van der Waals surface area contributed by atoms with E-state index < -0.39 is 0 Å². The largest absolute Gasteiger partial charge is 0.399 e. The molecule has 0 spiro atoms. The smallest absolute Gasteiger partial charge is 0.108 e. The van der Waals surface area contributed by atoms with Gasteiger partial charge in [0.05, 0.1) is 11.0 Å². The minimum absolute atomic E-state index is 0.787. The number of hydrogen-bond acceptors (Lipinski definition) is 3. The molecule has 2 aromatic rings. The molecule has 0 atom stereocenters. The van der Waals surface area contributed by atoms with E-state index in [1.807, 2.05) is 18.2 Å². The Morgan fingerprint density at radius 1 is 1.16 bits per heavy atom. The summed E-state index contributed by atoms with van der Waals surface area (Å²) in [5, 5.41) is 0. The van der Waals surface area contributed by atoms with E-state index in [4.69, 9.17) is 5.73 Å². The zero-order chi connectivity index (χ0) is 13.1. The summed E-state index contributed by atoms with van der Waals surface area (Å²) in [6.45, 7) is 3.59. The fourth-order valence-electron chi connectivity index (χ4n) is 2.82. The summed E-state index contributed by atoms with van der Waals surface area (Å²) in [4.78, 5) is 10.6. The van der Waals surface area contributed by atoms with Gasteiger partial charge in [-0.1, -0.05) is 12.8 Å². The van der Waals surface area contributed by atoms with Crippen LogP contribution in [0.1, 0.15) is 31.5 Å². The first-order valence-electron chi connectivity index (χ1n) is 7.28. The standard InChI is InChI=1S/C15H22N4/c16-12-5-6-13-14(11-12)18-15(17-13)7-10-19-8-3-1-2-4-9-19/h5-6,11H,1-4,7-10,16H2,(H,17,18). The van der Waals surface area contributed by atoms with Crippen LogP contribution in [0.4, 0.5) is 5.69 Å². The van der Waals surface area contributed by atoms with Crippen LogP contribution in [-0.2, 0) is 6.42 Å². The molecule has 19 heavy (non-hydrogen) atoms. The Morgan fingerprint density at radius 2 is 1.95 bits per heavy atom. The topological polar surface area (TPSA) is 57.9 Å². The highest BCUT2D eigenvalue weighted by atomic mass is 15.1. The van der Waals surface area contributed by atoms with Crippen molar-refractivity contribution in [2.45, 2.75) is 32.1 Å². The molecular weight excluding hydrogens is 236 g/mol. The Balaban J connectivity index is 1.64. The summed E-state index contributed by atoms with van der Waals surface area (Å²) in [5.74, 6) is 1.07. The molecule has 1 fully saturated rings. The molecule has 0 amide bonds. The van der Waals surface area contributed by atoms with Crippen LogP contribution in [0.3, 0.4) is 0 Å². The van der Waals surface area contributed by atoms with E-state index in [-0.39, 0.29) is 0 Å². The number of nitrogens with zero attached hydrogens (tertiary/aromatic N) is 2. The molecule has 3 N–H and O–H groups in total. The molecule has 0 saturated carbocycles. The lowest BCUT2D eigenvalue weighted by molar-refractivity contribution is 0.287. The molecule has 1 aromatic carbocycles. The van der Waals surface area contributed by atoms with Gasteiger partial charge in [-0.15, -0.1) is 0 Å². The second kappa shape index (κ2) is 5.61. The Labute approximate surface area is 114 Å². The minimum Gasteiger partial charge on any atom is -0.399 e. The van der Waals surface area contributed by atoms with Gasteiger partial charge in [0, 0.05) is 18.7 Å². The molecule has 1 aromatic heterocycles. The van der Waals surface area contributed by atoms with Gasteiger partial charge in [-0.3, -0.25) is 0 Å². The zero-order valence-corrected chi connectivity index (χ0v) is 11.4. The van der Waals surface area contributed by atoms with E-state index in [0.29, 0.717) is 0 Å². The summed E-state index contributed by atoms with van der Waals surface area (Å²) in [7, 11) is 0. The Bertz CT molecular complexity index is 538. The molecule has 0 unspecified atom stereocenters. The Kier molecular flexibility index (Phi) is 3.69. The average Bonchev–Trinajstić information content (AvgIpc) is 2.63. The van der Waals surface area contributed by atoms with Gasteiger partial charge in [-0.2, -0.15) is 0 Å². The second-order valence-electron chi connectivity index (χ2n) is 5.47. The van der Waals surface area contributed by atoms with E-state index >= 15 is 0 Å². The number of aromatic amines is 1. The second-order valence-corrected chi connectivity index (χ2v) is 5.47. The lowest BCUT2D eigenvalue weighted by Gasteiger charge is -2.18. The molecule has 0 radical (unpaired) electrons. The normalized spacial score (nSPS) is 17.7. The lowest BCUT2D eigenvalue weighted by Crippen LogP contribution is -2.27. The third-order valence-corrected chi connectivity index (χ3v) is 3.92. The number of likely N-dealkylation sites (tertiary alicyclic amines) is 1. The van der Waals surface area contributed by atoms with Gasteiger partial charge >= 0.3 is 0 Å². The monoisotopic (exact) mass is 258 g/mol. The van der Waals surface area contributed by atoms with Crippen molar-refractivity contribution in [1.29, 1.82) is 0 Å². The van der Waals surface area contributed by atoms with Crippen molar-refractivity contribution >= 4 is 16.7 Å². The van der Waals surface area contributed by atoms with Gasteiger partial charge in [0.2, 0.25) is 0 Å². The molecule has 3 rings (SSSR count). The average molecular weight is 258 g/mol. The molecule has 1 aliphatic heterocycles. The van der Waals surface area contributed by atoms with E-state index in [9.17, 15) is 0 Å². The maximum absolute atomic E-state index is 5.79.